The van der Waals surface area contributed by atoms with Crippen LogP contribution in [0.3, 0.4) is 0 Å². The number of Topliss-reactive ketones (excluding diaryl/α,β-unsaturated/α-hetero) is 1. The van der Waals surface area contributed by atoms with Gasteiger partial charge in [0.15, 0.2) is 5.78 Å². The van der Waals surface area contributed by atoms with Gasteiger partial charge in [-0.05, 0) is 61.5 Å². The van der Waals surface area contributed by atoms with Crippen molar-refractivity contribution in [3.8, 4) is 17.0 Å². The predicted octanol–water partition coefficient (Wildman–Crippen LogP) is 3.12. The molecule has 1 aromatic heterocycles. The van der Waals surface area contributed by atoms with E-state index >= 15 is 0 Å². The summed E-state index contributed by atoms with van der Waals surface area (Å²) < 4.78 is 17.2. The predicted molar refractivity (Wildman–Crippen MR) is 133 cm³/mol. The smallest absolute Gasteiger partial charge is 0.319 e. The van der Waals surface area contributed by atoms with Gasteiger partial charge in [-0.3, -0.25) is 4.79 Å². The summed E-state index contributed by atoms with van der Waals surface area (Å²) in [5, 5.41) is 9.02. The second kappa shape index (κ2) is 10.3. The van der Waals surface area contributed by atoms with E-state index in [1.54, 1.807) is 37.6 Å². The Kier molecular flexibility index (Phi) is 6.79. The van der Waals surface area contributed by atoms with Crippen LogP contribution in [-0.2, 0) is 9.47 Å². The number of amides is 2. The van der Waals surface area contributed by atoms with Crippen molar-refractivity contribution in [3.05, 3.63) is 66.4 Å². The van der Waals surface area contributed by atoms with Gasteiger partial charge in [-0.2, -0.15) is 0 Å². The summed E-state index contributed by atoms with van der Waals surface area (Å²) in [6.45, 7) is 2.23. The first-order valence-corrected chi connectivity index (χ1v) is 11.7. The molecule has 4 atom stereocenters. The summed E-state index contributed by atoms with van der Waals surface area (Å²) in [6, 6.07) is 15.4. The molecule has 3 aromatic rings. The van der Waals surface area contributed by atoms with E-state index in [2.05, 4.69) is 25.9 Å². The van der Waals surface area contributed by atoms with Crippen LogP contribution >= 0.6 is 0 Å². The summed E-state index contributed by atoms with van der Waals surface area (Å²) in [5.41, 5.74) is 2.91. The Hall–Kier alpha value is -4.02. The Labute approximate surface area is 208 Å². The van der Waals surface area contributed by atoms with Crippen molar-refractivity contribution < 1.29 is 23.8 Å². The normalized spacial score (nSPS) is 22.5. The highest BCUT2D eigenvalue weighted by atomic mass is 16.6. The molecule has 10 nitrogen and oxygen atoms in total. The first-order valence-electron chi connectivity index (χ1n) is 11.7. The van der Waals surface area contributed by atoms with Gasteiger partial charge in [0.1, 0.15) is 18.0 Å². The van der Waals surface area contributed by atoms with Crippen molar-refractivity contribution in [1.82, 2.24) is 15.3 Å². The summed E-state index contributed by atoms with van der Waals surface area (Å²) in [4.78, 5) is 32.9. The number of hydrogen-bond acceptors (Lipinski definition) is 8. The van der Waals surface area contributed by atoms with Crippen LogP contribution in [0.15, 0.2) is 60.8 Å². The summed E-state index contributed by atoms with van der Waals surface area (Å²) >= 11 is 0. The van der Waals surface area contributed by atoms with Gasteiger partial charge in [0.2, 0.25) is 5.95 Å². The number of rotatable bonds is 7. The molecule has 0 spiro atoms. The van der Waals surface area contributed by atoms with E-state index in [1.165, 1.54) is 6.92 Å². The monoisotopic (exact) mass is 489 g/mol. The van der Waals surface area contributed by atoms with Crippen LogP contribution in [0, 0.1) is 0 Å². The van der Waals surface area contributed by atoms with Crippen LogP contribution in [0.4, 0.5) is 16.4 Å². The molecule has 3 heterocycles. The third kappa shape index (κ3) is 5.14. The minimum Gasteiger partial charge on any atom is -0.497 e. The summed E-state index contributed by atoms with van der Waals surface area (Å²) in [6.07, 6.45) is 1.16. The van der Waals surface area contributed by atoms with E-state index in [4.69, 9.17) is 14.2 Å². The molecule has 0 unspecified atom stereocenters. The molecule has 5 rings (SSSR count). The lowest BCUT2D eigenvalue weighted by Crippen LogP contribution is -2.46. The number of carbonyl (C=O) groups is 2. The van der Waals surface area contributed by atoms with Crippen LogP contribution in [0.5, 0.6) is 5.75 Å². The minimum atomic E-state index is -0.365. The number of hydrogen-bond donors (Lipinski definition) is 3. The first kappa shape index (κ1) is 23.7. The summed E-state index contributed by atoms with van der Waals surface area (Å²) in [7, 11) is 1.63. The van der Waals surface area contributed by atoms with E-state index in [0.29, 0.717) is 30.4 Å². The summed E-state index contributed by atoms with van der Waals surface area (Å²) in [5.74, 6) is 1.23. The highest BCUT2D eigenvalue weighted by Gasteiger charge is 2.48. The topological polar surface area (TPSA) is 124 Å². The maximum Gasteiger partial charge on any atom is 0.319 e. The van der Waals surface area contributed by atoms with Gasteiger partial charge < -0.3 is 30.2 Å². The van der Waals surface area contributed by atoms with Crippen molar-refractivity contribution in [2.24, 2.45) is 0 Å². The molecule has 2 aliphatic rings. The fourth-order valence-corrected chi connectivity index (χ4v) is 4.39. The Morgan fingerprint density at radius 1 is 0.944 bits per heavy atom. The Balaban J connectivity index is 1.17. The van der Waals surface area contributed by atoms with Gasteiger partial charge in [-0.1, -0.05) is 0 Å². The number of fused-ring (bicyclic) bond motifs is 1. The number of carbonyl (C=O) groups excluding carboxylic acids is 2. The largest absolute Gasteiger partial charge is 0.497 e. The Bertz CT molecular complexity index is 1230. The lowest BCUT2D eigenvalue weighted by Gasteiger charge is -2.19. The van der Waals surface area contributed by atoms with Crippen LogP contribution in [0.2, 0.25) is 0 Å². The lowest BCUT2D eigenvalue weighted by molar-refractivity contribution is 0.0683. The van der Waals surface area contributed by atoms with Gasteiger partial charge in [0, 0.05) is 23.0 Å². The first-order chi connectivity index (χ1) is 17.5. The van der Waals surface area contributed by atoms with Gasteiger partial charge >= 0.3 is 6.03 Å². The lowest BCUT2D eigenvalue weighted by atomic mass is 10.1. The van der Waals surface area contributed by atoms with E-state index in [9.17, 15) is 9.59 Å². The van der Waals surface area contributed by atoms with Crippen molar-refractivity contribution in [2.75, 3.05) is 31.0 Å². The fraction of sp³-hybridized carbons (Fsp3) is 0.308. The Morgan fingerprint density at radius 3 is 2.33 bits per heavy atom. The molecule has 2 saturated heterocycles. The molecule has 0 radical (unpaired) electrons. The number of urea groups is 1. The van der Waals surface area contributed by atoms with E-state index < -0.39 is 0 Å². The van der Waals surface area contributed by atoms with Crippen LogP contribution in [0.1, 0.15) is 17.3 Å². The zero-order chi connectivity index (χ0) is 25.1. The maximum absolute atomic E-state index is 12.5. The average Bonchev–Trinajstić information content (AvgIpc) is 3.48. The van der Waals surface area contributed by atoms with E-state index in [1.807, 2.05) is 30.3 Å². The zero-order valence-electron chi connectivity index (χ0n) is 19.9. The molecule has 2 aromatic carbocycles. The number of benzene rings is 2. The number of methoxy groups -OCH3 is 1. The van der Waals surface area contributed by atoms with E-state index in [-0.39, 0.29) is 36.1 Å². The second-order valence-electron chi connectivity index (χ2n) is 8.68. The van der Waals surface area contributed by atoms with Crippen LogP contribution in [0.25, 0.3) is 11.3 Å². The molecule has 10 heteroatoms. The molecule has 0 saturated carbocycles. The van der Waals surface area contributed by atoms with Crippen LogP contribution < -0.4 is 20.7 Å². The van der Waals surface area contributed by atoms with Gasteiger partial charge in [-0.15, -0.1) is 0 Å². The molecular formula is C26H27N5O5. The average molecular weight is 490 g/mol. The number of anilines is 2. The van der Waals surface area contributed by atoms with Crippen molar-refractivity contribution in [3.63, 3.8) is 0 Å². The SMILES string of the molecule is COc1ccc(-c2ccnc(N[C@H]3CO[C@H]4[C@H]3OC[C@H]4NC(=O)Nc3ccc(C(C)=O)cc3)n2)cc1. The standard InChI is InChI=1S/C26H27N5O5/c1-15(32)16-3-7-18(8-4-16)28-26(33)31-22-14-36-23-21(13-35-24(22)23)30-25-27-12-11-20(29-25)17-5-9-19(34-2)10-6-17/h3-12,21-24H,13-14H2,1-2H3,(H,27,29,30)(H2,28,31,33)/t21-,22+,23-,24+/m0/s1. The molecule has 3 N–H and O–H groups in total. The van der Waals surface area contributed by atoms with Crippen LogP contribution in [-0.4, -0.2) is 66.4 Å². The molecular weight excluding hydrogens is 462 g/mol. The highest BCUT2D eigenvalue weighted by molar-refractivity contribution is 5.95. The molecule has 36 heavy (non-hydrogen) atoms. The molecule has 0 aliphatic carbocycles. The van der Waals surface area contributed by atoms with Gasteiger partial charge in [-0.25, -0.2) is 14.8 Å². The number of ether oxygens (including phenoxy) is 3. The molecule has 0 bridgehead atoms. The maximum atomic E-state index is 12.5. The van der Waals surface area contributed by atoms with E-state index in [0.717, 1.165) is 17.0 Å². The molecule has 2 amide bonds. The second-order valence-corrected chi connectivity index (χ2v) is 8.68. The minimum absolute atomic E-state index is 0.0282. The number of nitrogens with one attached hydrogen (secondary N) is 3. The molecule has 2 fully saturated rings. The third-order valence-electron chi connectivity index (χ3n) is 6.28. The van der Waals surface area contributed by atoms with Crippen molar-refractivity contribution in [1.29, 1.82) is 0 Å². The zero-order valence-corrected chi connectivity index (χ0v) is 19.9. The van der Waals surface area contributed by atoms with Crippen molar-refractivity contribution in [2.45, 2.75) is 31.2 Å². The number of aromatic nitrogens is 2. The van der Waals surface area contributed by atoms with Gasteiger partial charge in [0.05, 0.1) is 38.1 Å². The fourth-order valence-electron chi connectivity index (χ4n) is 4.39. The van der Waals surface area contributed by atoms with Gasteiger partial charge in [0.25, 0.3) is 0 Å². The third-order valence-corrected chi connectivity index (χ3v) is 6.28. The molecule has 2 aliphatic heterocycles. The highest BCUT2D eigenvalue weighted by Crippen LogP contribution is 2.29. The van der Waals surface area contributed by atoms with Crippen molar-refractivity contribution >= 4 is 23.5 Å². The molecule has 186 valence electrons. The Morgan fingerprint density at radius 2 is 1.64 bits per heavy atom. The number of ketones is 1. The number of nitrogens with zero attached hydrogens (tertiary/aromatic N) is 2. The quantitative estimate of drug-likeness (QED) is 0.433.